The molecule has 2 rings (SSSR count). The Labute approximate surface area is 108 Å². The van der Waals surface area contributed by atoms with E-state index in [1.54, 1.807) is 6.07 Å². The molecule has 1 aromatic heterocycles. The number of pyridine rings is 1. The zero-order chi connectivity index (χ0) is 12.3. The number of halogens is 1. The average molecular weight is 254 g/mol. The van der Waals surface area contributed by atoms with Crippen LogP contribution in [0.2, 0.25) is 5.02 Å². The second-order valence-electron chi connectivity index (χ2n) is 4.67. The molecule has 0 saturated heterocycles. The highest BCUT2D eigenvalue weighted by molar-refractivity contribution is 6.31. The Morgan fingerprint density at radius 2 is 2.12 bits per heavy atom. The second-order valence-corrected chi connectivity index (χ2v) is 5.07. The minimum Gasteiger partial charge on any atom is -0.384 e. The summed E-state index contributed by atoms with van der Waals surface area (Å²) in [5.74, 6) is 0.548. The highest BCUT2D eigenvalue weighted by Crippen LogP contribution is 2.26. The van der Waals surface area contributed by atoms with Gasteiger partial charge in [0.15, 0.2) is 0 Å². The molecule has 2 N–H and O–H groups in total. The van der Waals surface area contributed by atoms with Gasteiger partial charge < -0.3 is 5.73 Å². The highest BCUT2D eigenvalue weighted by atomic mass is 35.5. The van der Waals surface area contributed by atoms with Crippen molar-refractivity contribution in [2.24, 2.45) is 0 Å². The summed E-state index contributed by atoms with van der Waals surface area (Å²) in [7, 11) is 0. The number of nitrogens with zero attached hydrogens (tertiary/aromatic N) is 2. The Bertz CT molecular complexity index is 375. The first-order valence-corrected chi connectivity index (χ1v) is 6.73. The van der Waals surface area contributed by atoms with Crippen molar-refractivity contribution >= 4 is 17.4 Å². The van der Waals surface area contributed by atoms with Gasteiger partial charge in [0.1, 0.15) is 5.82 Å². The summed E-state index contributed by atoms with van der Waals surface area (Å²) in [5.41, 5.74) is 6.61. The van der Waals surface area contributed by atoms with Gasteiger partial charge >= 0.3 is 0 Å². The lowest BCUT2D eigenvalue weighted by Crippen LogP contribution is -2.32. The first kappa shape index (κ1) is 12.7. The third-order valence-corrected chi connectivity index (χ3v) is 3.88. The maximum Gasteiger partial charge on any atom is 0.123 e. The summed E-state index contributed by atoms with van der Waals surface area (Å²) in [6, 6.07) is 4.28. The Morgan fingerprint density at radius 1 is 1.41 bits per heavy atom. The average Bonchev–Trinajstić information content (AvgIpc) is 2.84. The fraction of sp³-hybridized carbons (Fsp3) is 0.615. The molecule has 3 nitrogen and oxygen atoms in total. The number of nitrogens with two attached hydrogens (primary N) is 1. The van der Waals surface area contributed by atoms with E-state index in [1.807, 2.05) is 6.07 Å². The summed E-state index contributed by atoms with van der Waals surface area (Å²) >= 11 is 6.16. The van der Waals surface area contributed by atoms with Crippen LogP contribution in [-0.2, 0) is 6.54 Å². The van der Waals surface area contributed by atoms with Crippen molar-refractivity contribution in [3.63, 3.8) is 0 Å². The van der Waals surface area contributed by atoms with E-state index in [1.165, 1.54) is 25.7 Å². The van der Waals surface area contributed by atoms with Crippen LogP contribution in [0.3, 0.4) is 0 Å². The Balaban J connectivity index is 2.09. The predicted octanol–water partition coefficient (Wildman–Crippen LogP) is 3.08. The minimum atomic E-state index is 0.548. The molecular weight excluding hydrogens is 234 g/mol. The van der Waals surface area contributed by atoms with Crippen LogP contribution < -0.4 is 5.73 Å². The molecule has 94 valence electrons. The van der Waals surface area contributed by atoms with Crippen molar-refractivity contribution in [2.45, 2.75) is 45.2 Å². The van der Waals surface area contributed by atoms with E-state index in [0.29, 0.717) is 11.9 Å². The van der Waals surface area contributed by atoms with Crippen molar-refractivity contribution in [3.8, 4) is 0 Å². The van der Waals surface area contributed by atoms with Gasteiger partial charge in [0.25, 0.3) is 0 Å². The second kappa shape index (κ2) is 5.69. The smallest absolute Gasteiger partial charge is 0.123 e. The van der Waals surface area contributed by atoms with Crippen molar-refractivity contribution in [2.75, 3.05) is 12.3 Å². The predicted molar refractivity (Wildman–Crippen MR) is 72.0 cm³/mol. The Kier molecular flexibility index (Phi) is 4.24. The van der Waals surface area contributed by atoms with E-state index < -0.39 is 0 Å². The number of aromatic nitrogens is 1. The molecule has 0 bridgehead atoms. The molecule has 0 aromatic carbocycles. The van der Waals surface area contributed by atoms with Crippen LogP contribution in [0.5, 0.6) is 0 Å². The normalized spacial score (nSPS) is 16.9. The molecule has 0 unspecified atom stereocenters. The molecule has 1 heterocycles. The van der Waals surface area contributed by atoms with Crippen LogP contribution in [0.1, 0.15) is 38.3 Å². The first-order chi connectivity index (χ1) is 8.20. The van der Waals surface area contributed by atoms with Gasteiger partial charge in [0.2, 0.25) is 0 Å². The molecule has 0 aliphatic heterocycles. The van der Waals surface area contributed by atoms with E-state index in [2.05, 4.69) is 16.8 Å². The first-order valence-electron chi connectivity index (χ1n) is 6.35. The molecule has 1 aliphatic carbocycles. The molecule has 0 amide bonds. The molecular formula is C13H20ClN3. The third kappa shape index (κ3) is 3.11. The van der Waals surface area contributed by atoms with Gasteiger partial charge in [-0.3, -0.25) is 4.90 Å². The topological polar surface area (TPSA) is 42.2 Å². The number of anilines is 1. The van der Waals surface area contributed by atoms with E-state index in [9.17, 15) is 0 Å². The Hall–Kier alpha value is -0.800. The highest BCUT2D eigenvalue weighted by Gasteiger charge is 2.22. The number of nitrogen functional groups attached to an aromatic ring is 1. The fourth-order valence-corrected chi connectivity index (χ4v) is 2.74. The lowest BCUT2D eigenvalue weighted by molar-refractivity contribution is 0.198. The number of hydrogen-bond acceptors (Lipinski definition) is 3. The van der Waals surface area contributed by atoms with Gasteiger partial charge in [0.05, 0.1) is 10.7 Å². The van der Waals surface area contributed by atoms with Crippen molar-refractivity contribution in [3.05, 3.63) is 22.8 Å². The molecule has 0 radical (unpaired) electrons. The van der Waals surface area contributed by atoms with Crippen LogP contribution in [0, 0.1) is 0 Å². The van der Waals surface area contributed by atoms with Crippen LogP contribution in [0.4, 0.5) is 5.82 Å². The van der Waals surface area contributed by atoms with E-state index >= 15 is 0 Å². The third-order valence-electron chi connectivity index (χ3n) is 3.54. The molecule has 4 heteroatoms. The van der Waals surface area contributed by atoms with E-state index in [-0.39, 0.29) is 0 Å². The van der Waals surface area contributed by atoms with Gasteiger partial charge in [0, 0.05) is 12.6 Å². The largest absolute Gasteiger partial charge is 0.384 e. The van der Waals surface area contributed by atoms with Crippen molar-refractivity contribution in [1.82, 2.24) is 9.88 Å². The van der Waals surface area contributed by atoms with E-state index in [0.717, 1.165) is 23.8 Å². The minimum absolute atomic E-state index is 0.548. The molecule has 1 aliphatic rings. The summed E-state index contributed by atoms with van der Waals surface area (Å²) in [6.45, 7) is 4.04. The standard InChI is InChI=1S/C13H20ClN3/c1-2-17(10-5-3-4-6-10)9-12-11(14)7-8-13(15)16-12/h7-8,10H,2-6,9H2,1H3,(H2,15,16). The quantitative estimate of drug-likeness (QED) is 0.897. The Morgan fingerprint density at radius 3 is 2.76 bits per heavy atom. The van der Waals surface area contributed by atoms with Crippen LogP contribution >= 0.6 is 11.6 Å². The molecule has 1 fully saturated rings. The van der Waals surface area contributed by atoms with Gasteiger partial charge in [-0.1, -0.05) is 31.4 Å². The van der Waals surface area contributed by atoms with Crippen molar-refractivity contribution in [1.29, 1.82) is 0 Å². The summed E-state index contributed by atoms with van der Waals surface area (Å²) < 4.78 is 0. The molecule has 0 spiro atoms. The van der Waals surface area contributed by atoms with Crippen molar-refractivity contribution < 1.29 is 0 Å². The lowest BCUT2D eigenvalue weighted by atomic mass is 10.2. The van der Waals surface area contributed by atoms with Crippen LogP contribution in [0.25, 0.3) is 0 Å². The number of hydrogen-bond donors (Lipinski definition) is 1. The monoisotopic (exact) mass is 253 g/mol. The fourth-order valence-electron chi connectivity index (χ4n) is 2.57. The van der Waals surface area contributed by atoms with E-state index in [4.69, 9.17) is 17.3 Å². The zero-order valence-corrected chi connectivity index (χ0v) is 11.1. The maximum absolute atomic E-state index is 6.16. The summed E-state index contributed by atoms with van der Waals surface area (Å²) in [4.78, 5) is 6.80. The molecule has 1 aromatic rings. The molecule has 1 saturated carbocycles. The molecule has 0 atom stereocenters. The van der Waals surface area contributed by atoms with Gasteiger partial charge in [-0.25, -0.2) is 4.98 Å². The van der Waals surface area contributed by atoms with Crippen LogP contribution in [0.15, 0.2) is 12.1 Å². The zero-order valence-electron chi connectivity index (χ0n) is 10.3. The summed E-state index contributed by atoms with van der Waals surface area (Å²) in [5, 5.41) is 0.718. The van der Waals surface area contributed by atoms with Gasteiger partial charge in [-0.2, -0.15) is 0 Å². The van der Waals surface area contributed by atoms with Crippen LogP contribution in [-0.4, -0.2) is 22.5 Å². The summed E-state index contributed by atoms with van der Waals surface area (Å²) in [6.07, 6.45) is 5.29. The maximum atomic E-state index is 6.16. The lowest BCUT2D eigenvalue weighted by Gasteiger charge is -2.27. The van der Waals surface area contributed by atoms with Gasteiger partial charge in [-0.15, -0.1) is 0 Å². The van der Waals surface area contributed by atoms with Gasteiger partial charge in [-0.05, 0) is 31.5 Å². The SMILES string of the molecule is CCN(Cc1nc(N)ccc1Cl)C1CCCC1. The molecule has 17 heavy (non-hydrogen) atoms. The number of rotatable bonds is 4.